The van der Waals surface area contributed by atoms with Gasteiger partial charge in [-0.15, -0.1) is 0 Å². The van der Waals surface area contributed by atoms with Gasteiger partial charge in [0.25, 0.3) is 0 Å². The van der Waals surface area contributed by atoms with Gasteiger partial charge >= 0.3 is 0 Å². The molecule has 0 aliphatic rings. The molecule has 18 heavy (non-hydrogen) atoms. The van der Waals surface area contributed by atoms with E-state index >= 15 is 0 Å². The summed E-state index contributed by atoms with van der Waals surface area (Å²) < 4.78 is 7.95. The fourth-order valence-electron chi connectivity index (χ4n) is 1.57. The highest BCUT2D eigenvalue weighted by Crippen LogP contribution is 2.28. The summed E-state index contributed by atoms with van der Waals surface area (Å²) in [5.41, 5.74) is 1.07. The van der Waals surface area contributed by atoms with Gasteiger partial charge in [0, 0.05) is 13.6 Å². The lowest BCUT2D eigenvalue weighted by atomic mass is 10.2. The van der Waals surface area contributed by atoms with E-state index in [2.05, 4.69) is 61.8 Å². The van der Waals surface area contributed by atoms with Gasteiger partial charge in [0.2, 0.25) is 5.89 Å². The van der Waals surface area contributed by atoms with Gasteiger partial charge in [0.05, 0.1) is 12.7 Å². The third-order valence-electron chi connectivity index (χ3n) is 2.45. The van der Waals surface area contributed by atoms with Gasteiger partial charge in [0.15, 0.2) is 5.76 Å². The van der Waals surface area contributed by atoms with Gasteiger partial charge in [-0.2, -0.15) is 0 Å². The fraction of sp³-hybridized carbons (Fsp3) is 0.308. The van der Waals surface area contributed by atoms with Gasteiger partial charge < -0.3 is 9.73 Å². The molecule has 0 aliphatic heterocycles. The number of aromatic nitrogens is 1. The minimum absolute atomic E-state index is 0.679. The summed E-state index contributed by atoms with van der Waals surface area (Å²) >= 11 is 5.77. The maximum Gasteiger partial charge on any atom is 0.208 e. The van der Waals surface area contributed by atoms with Crippen molar-refractivity contribution >= 4 is 38.5 Å². The second kappa shape index (κ2) is 6.68. The first kappa shape index (κ1) is 14.0. The third kappa shape index (κ3) is 3.55. The zero-order valence-corrected chi connectivity index (χ0v) is 13.8. The lowest BCUT2D eigenvalue weighted by Gasteiger charge is -2.01. The van der Waals surface area contributed by atoms with E-state index in [1.165, 1.54) is 0 Å². The molecule has 0 saturated heterocycles. The minimum atomic E-state index is 0.679. The van der Waals surface area contributed by atoms with E-state index in [9.17, 15) is 0 Å². The Bertz CT molecular complexity index is 527. The van der Waals surface area contributed by atoms with Crippen molar-refractivity contribution in [2.75, 3.05) is 6.54 Å². The number of hydrogen-bond donors (Lipinski definition) is 1. The largest absolute Gasteiger partial charge is 0.439 e. The summed E-state index contributed by atoms with van der Waals surface area (Å²) in [6, 6.07) is 6.12. The van der Waals surface area contributed by atoms with Crippen LogP contribution in [-0.2, 0) is 6.54 Å². The quantitative estimate of drug-likeness (QED) is 0.581. The molecule has 0 bridgehead atoms. The van der Waals surface area contributed by atoms with E-state index in [-0.39, 0.29) is 0 Å². The van der Waals surface area contributed by atoms with Crippen molar-refractivity contribution in [1.82, 2.24) is 10.3 Å². The Balaban J connectivity index is 2.16. The summed E-state index contributed by atoms with van der Waals surface area (Å²) in [5.74, 6) is 1.54. The first-order valence-corrected chi connectivity index (χ1v) is 7.68. The van der Waals surface area contributed by atoms with Crippen LogP contribution in [0.3, 0.4) is 0 Å². The van der Waals surface area contributed by atoms with E-state index in [0.29, 0.717) is 6.54 Å². The molecule has 0 saturated carbocycles. The molecule has 1 aromatic heterocycles. The van der Waals surface area contributed by atoms with Crippen molar-refractivity contribution in [2.24, 2.45) is 0 Å². The maximum absolute atomic E-state index is 5.75. The van der Waals surface area contributed by atoms with Gasteiger partial charge in [-0.05, 0) is 53.8 Å². The second-order valence-electron chi connectivity index (χ2n) is 3.92. The average Bonchev–Trinajstić information content (AvgIpc) is 2.81. The maximum atomic E-state index is 5.75. The minimum Gasteiger partial charge on any atom is -0.439 e. The molecule has 0 atom stereocenters. The first-order valence-electron chi connectivity index (χ1n) is 5.81. The van der Waals surface area contributed by atoms with Crippen LogP contribution in [0.5, 0.6) is 0 Å². The number of benzene rings is 1. The van der Waals surface area contributed by atoms with Crippen molar-refractivity contribution < 1.29 is 4.42 Å². The molecule has 1 N–H and O–H groups in total. The lowest BCUT2D eigenvalue weighted by molar-refractivity contribution is 0.477. The zero-order valence-electron chi connectivity index (χ0n) is 10.0. The average molecular weight is 421 g/mol. The number of nitrogens with zero attached hydrogens (tertiary/aromatic N) is 1. The van der Waals surface area contributed by atoms with Crippen LogP contribution in [0.15, 0.2) is 33.3 Å². The number of hydrogen-bond acceptors (Lipinski definition) is 3. The predicted molar refractivity (Wildman–Crippen MR) is 84.4 cm³/mol. The number of halogens is 2. The smallest absolute Gasteiger partial charge is 0.208 e. The molecule has 2 rings (SSSR count). The summed E-state index contributed by atoms with van der Waals surface area (Å²) in [4.78, 5) is 4.29. The molecule has 1 heterocycles. The van der Waals surface area contributed by atoms with Crippen LogP contribution in [0.2, 0.25) is 0 Å². The van der Waals surface area contributed by atoms with Crippen LogP contribution < -0.4 is 5.32 Å². The van der Waals surface area contributed by atoms with Crippen LogP contribution in [0.4, 0.5) is 0 Å². The molecule has 3 nitrogen and oxygen atoms in total. The van der Waals surface area contributed by atoms with Crippen LogP contribution in [0.1, 0.15) is 19.2 Å². The molecule has 0 amide bonds. The van der Waals surface area contributed by atoms with E-state index in [1.807, 2.05) is 12.1 Å². The Morgan fingerprint density at radius 2 is 2.28 bits per heavy atom. The van der Waals surface area contributed by atoms with Gasteiger partial charge in [-0.3, -0.25) is 0 Å². The Labute approximate surface area is 129 Å². The highest BCUT2D eigenvalue weighted by Gasteiger charge is 2.09. The van der Waals surface area contributed by atoms with Gasteiger partial charge in [-0.25, -0.2) is 4.98 Å². The molecule has 96 valence electrons. The Hall–Kier alpha value is -0.400. The molecule has 5 heteroatoms. The third-order valence-corrected chi connectivity index (χ3v) is 3.88. The molecule has 2 aromatic rings. The summed E-state index contributed by atoms with van der Waals surface area (Å²) in [5, 5.41) is 3.27. The Morgan fingerprint density at radius 1 is 1.44 bits per heavy atom. The van der Waals surface area contributed by atoms with Crippen molar-refractivity contribution in [3.8, 4) is 11.3 Å². The monoisotopic (exact) mass is 420 g/mol. The fourth-order valence-corrected chi connectivity index (χ4v) is 2.54. The summed E-state index contributed by atoms with van der Waals surface area (Å²) in [7, 11) is 0. The van der Waals surface area contributed by atoms with Crippen molar-refractivity contribution in [3.63, 3.8) is 0 Å². The van der Waals surface area contributed by atoms with Crippen molar-refractivity contribution in [2.45, 2.75) is 19.9 Å². The molecule has 0 radical (unpaired) electrons. The topological polar surface area (TPSA) is 38.1 Å². The van der Waals surface area contributed by atoms with Crippen molar-refractivity contribution in [3.05, 3.63) is 38.3 Å². The molecule has 0 unspecified atom stereocenters. The summed E-state index contributed by atoms with van der Waals surface area (Å²) in [6.07, 6.45) is 2.89. The molecular weight excluding hydrogens is 407 g/mol. The van der Waals surface area contributed by atoms with Gasteiger partial charge in [-0.1, -0.05) is 22.9 Å². The van der Waals surface area contributed by atoms with E-state index in [1.54, 1.807) is 6.20 Å². The highest BCUT2D eigenvalue weighted by molar-refractivity contribution is 14.1. The van der Waals surface area contributed by atoms with Crippen LogP contribution >= 0.6 is 38.5 Å². The lowest BCUT2D eigenvalue weighted by Crippen LogP contribution is -2.13. The molecular formula is C13H14BrIN2O. The first-order chi connectivity index (χ1) is 8.70. The van der Waals surface area contributed by atoms with E-state index < -0.39 is 0 Å². The normalized spacial score (nSPS) is 10.8. The molecule has 0 fully saturated rings. The predicted octanol–water partition coefficient (Wildman–Crippen LogP) is 4.21. The van der Waals surface area contributed by atoms with E-state index in [0.717, 1.165) is 38.2 Å². The highest BCUT2D eigenvalue weighted by atomic mass is 127. The van der Waals surface area contributed by atoms with Crippen LogP contribution in [-0.4, -0.2) is 11.5 Å². The number of oxazole rings is 1. The Morgan fingerprint density at radius 3 is 3.06 bits per heavy atom. The Kier molecular flexibility index (Phi) is 5.20. The standard InChI is InChI=1S/C13H14BrIN2O/c1-2-5-16-8-13-17-7-12(18-13)10-6-9(14)3-4-11(10)15/h3-4,6-7,16H,2,5,8H2,1H3. The van der Waals surface area contributed by atoms with Crippen molar-refractivity contribution in [1.29, 1.82) is 0 Å². The van der Waals surface area contributed by atoms with E-state index in [4.69, 9.17) is 4.42 Å². The van der Waals surface area contributed by atoms with Crippen LogP contribution in [0, 0.1) is 3.57 Å². The summed E-state index contributed by atoms with van der Waals surface area (Å²) in [6.45, 7) is 3.79. The van der Waals surface area contributed by atoms with Crippen LogP contribution in [0.25, 0.3) is 11.3 Å². The molecule has 0 aliphatic carbocycles. The molecule has 0 spiro atoms. The van der Waals surface area contributed by atoms with Gasteiger partial charge in [0.1, 0.15) is 0 Å². The SMILES string of the molecule is CCCNCc1ncc(-c2cc(Br)ccc2I)o1. The number of nitrogens with one attached hydrogen (secondary N) is 1. The number of rotatable bonds is 5. The molecule has 1 aromatic carbocycles. The second-order valence-corrected chi connectivity index (χ2v) is 6.00. The zero-order chi connectivity index (χ0) is 13.0.